The monoisotopic (exact) mass is 379 g/mol. The molecule has 2 aliphatic heterocycles. The maximum absolute atomic E-state index is 12.9. The fraction of sp³-hybridized carbons (Fsp3) is 0.667. The standard InChI is InChI=1S/C18H25N3O4S/c1-8(2)10-7-26-14(19-10)13-11-12(16(23)21(5)15(11)22)18(20-13,9(3)4)17(24)25-6/h7-9,11-13,20H,1-6H3/t11-,12-,13+,18-/m1/s1. The third-order valence-corrected chi connectivity index (χ3v) is 6.59. The molecule has 2 aliphatic rings. The summed E-state index contributed by atoms with van der Waals surface area (Å²) in [4.78, 5) is 44.3. The summed E-state index contributed by atoms with van der Waals surface area (Å²) >= 11 is 1.45. The summed E-state index contributed by atoms with van der Waals surface area (Å²) in [5, 5.41) is 6.01. The first-order valence-corrected chi connectivity index (χ1v) is 9.67. The van der Waals surface area contributed by atoms with E-state index in [0.29, 0.717) is 0 Å². The predicted octanol–water partition coefficient (Wildman–Crippen LogP) is 1.71. The number of carbonyl (C=O) groups is 3. The average molecular weight is 379 g/mol. The highest BCUT2D eigenvalue weighted by atomic mass is 32.1. The highest BCUT2D eigenvalue weighted by Crippen LogP contribution is 2.51. The maximum atomic E-state index is 12.9. The molecular weight excluding hydrogens is 354 g/mol. The van der Waals surface area contributed by atoms with Crippen LogP contribution < -0.4 is 5.32 Å². The Labute approximate surface area is 157 Å². The second kappa shape index (κ2) is 6.42. The molecule has 3 heterocycles. The molecule has 0 aromatic carbocycles. The number of nitrogens with zero attached hydrogens (tertiary/aromatic N) is 2. The molecule has 26 heavy (non-hydrogen) atoms. The molecule has 4 atom stereocenters. The second-order valence-corrected chi connectivity index (χ2v) is 8.53. The van der Waals surface area contributed by atoms with Crippen molar-refractivity contribution in [2.24, 2.45) is 17.8 Å². The van der Waals surface area contributed by atoms with Gasteiger partial charge in [0.2, 0.25) is 11.8 Å². The molecule has 0 unspecified atom stereocenters. The summed E-state index contributed by atoms with van der Waals surface area (Å²) in [5.74, 6) is -2.54. The number of imide groups is 1. The smallest absolute Gasteiger partial charge is 0.327 e. The molecule has 0 aliphatic carbocycles. The minimum absolute atomic E-state index is 0.236. The van der Waals surface area contributed by atoms with Crippen molar-refractivity contribution >= 4 is 29.1 Å². The molecule has 0 spiro atoms. The number of thiazole rings is 1. The van der Waals surface area contributed by atoms with Crippen LogP contribution in [0.15, 0.2) is 5.38 Å². The lowest BCUT2D eigenvalue weighted by Crippen LogP contribution is -2.59. The van der Waals surface area contributed by atoms with Crippen LogP contribution in [0, 0.1) is 17.8 Å². The highest BCUT2D eigenvalue weighted by Gasteiger charge is 2.69. The number of likely N-dealkylation sites (tertiary alicyclic amines) is 1. The van der Waals surface area contributed by atoms with E-state index in [4.69, 9.17) is 4.74 Å². The Kier molecular flexibility index (Phi) is 4.69. The highest BCUT2D eigenvalue weighted by molar-refractivity contribution is 7.09. The largest absolute Gasteiger partial charge is 0.468 e. The molecule has 0 bridgehead atoms. The molecule has 3 rings (SSSR count). The SMILES string of the molecule is COC(=O)[C@]1(C(C)C)N[C@H](c2nc(C(C)C)cs2)[C@@H]2C(=O)N(C)C(=O)[C@@H]21. The first kappa shape index (κ1) is 19.0. The van der Waals surface area contributed by atoms with E-state index in [1.54, 1.807) is 0 Å². The van der Waals surface area contributed by atoms with Gasteiger partial charge in [-0.1, -0.05) is 27.7 Å². The van der Waals surface area contributed by atoms with Crippen LogP contribution in [0.5, 0.6) is 0 Å². The van der Waals surface area contributed by atoms with Crippen molar-refractivity contribution in [2.45, 2.75) is 45.2 Å². The van der Waals surface area contributed by atoms with Gasteiger partial charge in [-0.25, -0.2) is 4.98 Å². The molecule has 2 fully saturated rings. The summed E-state index contributed by atoms with van der Waals surface area (Å²) < 4.78 is 5.05. The number of rotatable bonds is 4. The van der Waals surface area contributed by atoms with Gasteiger partial charge in [-0.3, -0.25) is 24.6 Å². The van der Waals surface area contributed by atoms with Crippen LogP contribution in [0.3, 0.4) is 0 Å². The average Bonchev–Trinajstić information content (AvgIpc) is 3.26. The van der Waals surface area contributed by atoms with E-state index in [1.807, 2.05) is 19.2 Å². The molecule has 142 valence electrons. The molecular formula is C18H25N3O4S. The molecule has 2 saturated heterocycles. The first-order chi connectivity index (χ1) is 12.2. The lowest BCUT2D eigenvalue weighted by molar-refractivity contribution is -0.156. The van der Waals surface area contributed by atoms with E-state index in [-0.39, 0.29) is 23.7 Å². The van der Waals surface area contributed by atoms with Crippen LogP contribution in [-0.2, 0) is 19.1 Å². The lowest BCUT2D eigenvalue weighted by Gasteiger charge is -2.35. The van der Waals surface area contributed by atoms with Gasteiger partial charge >= 0.3 is 5.97 Å². The van der Waals surface area contributed by atoms with Crippen LogP contribution in [0.25, 0.3) is 0 Å². The van der Waals surface area contributed by atoms with Crippen LogP contribution in [0.1, 0.15) is 50.4 Å². The number of fused-ring (bicyclic) bond motifs is 1. The number of hydrogen-bond acceptors (Lipinski definition) is 7. The van der Waals surface area contributed by atoms with Crippen molar-refractivity contribution in [1.82, 2.24) is 15.2 Å². The molecule has 1 N–H and O–H groups in total. The number of aromatic nitrogens is 1. The quantitative estimate of drug-likeness (QED) is 0.633. The summed E-state index contributed by atoms with van der Waals surface area (Å²) in [5.41, 5.74) is -0.306. The Balaban J connectivity index is 2.14. The Morgan fingerprint density at radius 2 is 1.96 bits per heavy atom. The molecule has 2 amide bonds. The van der Waals surface area contributed by atoms with Crippen molar-refractivity contribution < 1.29 is 19.1 Å². The fourth-order valence-electron chi connectivity index (χ4n) is 4.13. The van der Waals surface area contributed by atoms with Crippen molar-refractivity contribution in [3.63, 3.8) is 0 Å². The van der Waals surface area contributed by atoms with E-state index in [9.17, 15) is 14.4 Å². The van der Waals surface area contributed by atoms with Gasteiger partial charge in [0.25, 0.3) is 0 Å². The molecule has 1 aromatic heterocycles. The third kappa shape index (κ3) is 2.42. The van der Waals surface area contributed by atoms with Crippen LogP contribution in [0.2, 0.25) is 0 Å². The van der Waals surface area contributed by atoms with E-state index >= 15 is 0 Å². The van der Waals surface area contributed by atoms with Crippen molar-refractivity contribution in [3.05, 3.63) is 16.1 Å². The van der Waals surface area contributed by atoms with Gasteiger partial charge in [0.1, 0.15) is 10.5 Å². The summed E-state index contributed by atoms with van der Waals surface area (Å²) in [6.45, 7) is 7.82. The van der Waals surface area contributed by atoms with Gasteiger partial charge in [-0.15, -0.1) is 11.3 Å². The first-order valence-electron chi connectivity index (χ1n) is 8.79. The molecule has 7 nitrogen and oxygen atoms in total. The lowest BCUT2D eigenvalue weighted by atomic mass is 9.73. The maximum Gasteiger partial charge on any atom is 0.327 e. The van der Waals surface area contributed by atoms with Crippen molar-refractivity contribution in [1.29, 1.82) is 0 Å². The van der Waals surface area contributed by atoms with E-state index < -0.39 is 29.4 Å². The zero-order chi connectivity index (χ0) is 19.4. The van der Waals surface area contributed by atoms with E-state index in [2.05, 4.69) is 24.1 Å². The van der Waals surface area contributed by atoms with Gasteiger partial charge in [-0.05, 0) is 11.8 Å². The Hall–Kier alpha value is -1.80. The Morgan fingerprint density at radius 3 is 2.46 bits per heavy atom. The summed E-state index contributed by atoms with van der Waals surface area (Å²) in [6.07, 6.45) is 0. The van der Waals surface area contributed by atoms with Gasteiger partial charge in [0.15, 0.2) is 0 Å². The summed E-state index contributed by atoms with van der Waals surface area (Å²) in [6, 6.07) is -0.486. The van der Waals surface area contributed by atoms with Gasteiger partial charge < -0.3 is 4.74 Å². The van der Waals surface area contributed by atoms with Crippen LogP contribution in [0.4, 0.5) is 0 Å². The fourth-order valence-corrected chi connectivity index (χ4v) is 5.20. The minimum atomic E-state index is -1.24. The number of esters is 1. The second-order valence-electron chi connectivity index (χ2n) is 7.64. The van der Waals surface area contributed by atoms with E-state index in [1.165, 1.54) is 25.5 Å². The number of hydrogen-bond donors (Lipinski definition) is 1. The zero-order valence-corrected chi connectivity index (χ0v) is 16.7. The van der Waals surface area contributed by atoms with Crippen molar-refractivity contribution in [3.8, 4) is 0 Å². The third-order valence-electron chi connectivity index (χ3n) is 5.65. The normalized spacial score (nSPS) is 31.2. The molecule has 1 aromatic rings. The zero-order valence-electron chi connectivity index (χ0n) is 15.9. The Bertz CT molecular complexity index is 759. The Morgan fingerprint density at radius 1 is 1.31 bits per heavy atom. The minimum Gasteiger partial charge on any atom is -0.468 e. The molecule has 0 radical (unpaired) electrons. The van der Waals surface area contributed by atoms with Crippen LogP contribution in [-0.4, -0.2) is 47.4 Å². The van der Waals surface area contributed by atoms with Gasteiger partial charge in [-0.2, -0.15) is 0 Å². The predicted molar refractivity (Wildman–Crippen MR) is 96.4 cm³/mol. The molecule has 0 saturated carbocycles. The molecule has 8 heteroatoms. The summed E-state index contributed by atoms with van der Waals surface area (Å²) in [7, 11) is 2.78. The topological polar surface area (TPSA) is 88.6 Å². The number of ether oxygens (including phenoxy) is 1. The van der Waals surface area contributed by atoms with E-state index in [0.717, 1.165) is 15.6 Å². The number of carbonyl (C=O) groups excluding carboxylic acids is 3. The number of nitrogens with one attached hydrogen (secondary N) is 1. The van der Waals surface area contributed by atoms with Gasteiger partial charge in [0, 0.05) is 12.4 Å². The number of amides is 2. The van der Waals surface area contributed by atoms with Gasteiger partial charge in [0.05, 0.1) is 30.7 Å². The van der Waals surface area contributed by atoms with Crippen molar-refractivity contribution in [2.75, 3.05) is 14.2 Å². The number of methoxy groups -OCH3 is 1. The van der Waals surface area contributed by atoms with Crippen LogP contribution >= 0.6 is 11.3 Å².